The van der Waals surface area contributed by atoms with Gasteiger partial charge >= 0.3 is 0 Å². The van der Waals surface area contributed by atoms with Crippen molar-refractivity contribution in [1.29, 1.82) is 0 Å². The molecule has 1 aromatic carbocycles. The molecule has 6 nitrogen and oxygen atoms in total. The molecule has 1 N–H and O–H groups in total. The van der Waals surface area contributed by atoms with E-state index in [1.54, 1.807) is 24.3 Å². The molecule has 126 valence electrons. The quantitative estimate of drug-likeness (QED) is 0.870. The Balaban J connectivity index is 1.32. The van der Waals surface area contributed by atoms with Crippen LogP contribution in [0.5, 0.6) is 5.75 Å². The van der Waals surface area contributed by atoms with Gasteiger partial charge < -0.3 is 9.47 Å². The third-order valence-electron chi connectivity index (χ3n) is 4.16. The summed E-state index contributed by atoms with van der Waals surface area (Å²) < 4.78 is 11.2. The Hall–Kier alpha value is -1.99. The van der Waals surface area contributed by atoms with E-state index in [2.05, 4.69) is 15.5 Å². The third kappa shape index (κ3) is 3.73. The summed E-state index contributed by atoms with van der Waals surface area (Å²) in [6.45, 7) is 1.38. The average Bonchev–Trinajstić information content (AvgIpc) is 3.13. The molecule has 0 spiro atoms. The topological polar surface area (TPSA) is 73.3 Å². The maximum atomic E-state index is 12.3. The zero-order valence-corrected chi connectivity index (χ0v) is 14.1. The summed E-state index contributed by atoms with van der Waals surface area (Å²) in [5.74, 6) is 1.11. The van der Waals surface area contributed by atoms with E-state index in [1.165, 1.54) is 24.2 Å². The molecule has 1 aromatic heterocycles. The molecule has 1 saturated carbocycles. The van der Waals surface area contributed by atoms with Crippen molar-refractivity contribution in [2.24, 2.45) is 0 Å². The van der Waals surface area contributed by atoms with Gasteiger partial charge in [-0.05, 0) is 49.9 Å². The van der Waals surface area contributed by atoms with Crippen LogP contribution in [0.2, 0.25) is 0 Å². The summed E-state index contributed by atoms with van der Waals surface area (Å²) in [6, 6.07) is 7.12. The first-order valence-electron chi connectivity index (χ1n) is 8.27. The number of nitrogens with one attached hydrogen (secondary N) is 1. The highest BCUT2D eigenvalue weighted by molar-refractivity contribution is 7.15. The lowest BCUT2D eigenvalue weighted by atomic mass is 10.2. The van der Waals surface area contributed by atoms with Crippen LogP contribution in [0.1, 0.15) is 47.0 Å². The standard InChI is InChI=1S/C17H19N3O3S/c21-15(18-17-20-19-16(24-17)12-3-4-12)11-5-7-13(8-6-11)23-10-14-2-1-9-22-14/h5-8,12,14H,1-4,9-10H2,(H,18,20,21)/t14-/m1/s1. The molecule has 1 aliphatic carbocycles. The van der Waals surface area contributed by atoms with Gasteiger partial charge in [-0.1, -0.05) is 11.3 Å². The van der Waals surface area contributed by atoms with Crippen LogP contribution < -0.4 is 10.1 Å². The van der Waals surface area contributed by atoms with E-state index in [0.29, 0.717) is 23.2 Å². The van der Waals surface area contributed by atoms with Gasteiger partial charge in [0.15, 0.2) is 0 Å². The van der Waals surface area contributed by atoms with Gasteiger partial charge in [-0.3, -0.25) is 10.1 Å². The molecule has 1 atom stereocenters. The van der Waals surface area contributed by atoms with Crippen LogP contribution >= 0.6 is 11.3 Å². The Kier molecular flexibility index (Phi) is 4.44. The lowest BCUT2D eigenvalue weighted by Gasteiger charge is -2.11. The minimum absolute atomic E-state index is 0.181. The van der Waals surface area contributed by atoms with Crippen LogP contribution in [0.15, 0.2) is 24.3 Å². The Morgan fingerprint density at radius 1 is 1.25 bits per heavy atom. The van der Waals surface area contributed by atoms with Gasteiger partial charge in [0.25, 0.3) is 5.91 Å². The molecule has 2 heterocycles. The van der Waals surface area contributed by atoms with Gasteiger partial charge in [0.05, 0.1) is 6.10 Å². The van der Waals surface area contributed by atoms with Crippen LogP contribution in [0.4, 0.5) is 5.13 Å². The minimum atomic E-state index is -0.181. The number of anilines is 1. The summed E-state index contributed by atoms with van der Waals surface area (Å²) in [5, 5.41) is 12.5. The van der Waals surface area contributed by atoms with Crippen molar-refractivity contribution in [2.45, 2.75) is 37.7 Å². The highest BCUT2D eigenvalue weighted by atomic mass is 32.1. The monoisotopic (exact) mass is 345 g/mol. The lowest BCUT2D eigenvalue weighted by molar-refractivity contribution is 0.0679. The molecule has 1 saturated heterocycles. The molecule has 1 amide bonds. The number of nitrogens with zero attached hydrogens (tertiary/aromatic N) is 2. The van der Waals surface area contributed by atoms with E-state index in [-0.39, 0.29) is 12.0 Å². The van der Waals surface area contributed by atoms with Crippen molar-refractivity contribution < 1.29 is 14.3 Å². The number of rotatable bonds is 6. The highest BCUT2D eigenvalue weighted by Crippen LogP contribution is 2.42. The SMILES string of the molecule is O=C(Nc1nnc(C2CC2)s1)c1ccc(OC[C@H]2CCCO2)cc1. The lowest BCUT2D eigenvalue weighted by Crippen LogP contribution is -2.16. The molecule has 4 rings (SSSR count). The Morgan fingerprint density at radius 2 is 2.08 bits per heavy atom. The molecular weight excluding hydrogens is 326 g/mol. The zero-order valence-electron chi connectivity index (χ0n) is 13.2. The maximum Gasteiger partial charge on any atom is 0.257 e. The number of amides is 1. The summed E-state index contributed by atoms with van der Waals surface area (Å²) >= 11 is 1.46. The maximum absolute atomic E-state index is 12.3. The van der Waals surface area contributed by atoms with Crippen LogP contribution in [-0.4, -0.2) is 35.4 Å². The van der Waals surface area contributed by atoms with Crippen LogP contribution in [0, 0.1) is 0 Å². The number of benzene rings is 1. The van der Waals surface area contributed by atoms with Gasteiger partial charge in [0.1, 0.15) is 17.4 Å². The molecule has 0 unspecified atom stereocenters. The summed E-state index contributed by atoms with van der Waals surface area (Å²) in [5.41, 5.74) is 0.572. The van der Waals surface area contributed by atoms with E-state index in [4.69, 9.17) is 9.47 Å². The third-order valence-corrected chi connectivity index (χ3v) is 5.17. The molecule has 24 heavy (non-hydrogen) atoms. The van der Waals surface area contributed by atoms with Crippen molar-refractivity contribution in [1.82, 2.24) is 10.2 Å². The van der Waals surface area contributed by atoms with Gasteiger partial charge in [0, 0.05) is 18.1 Å². The molecule has 2 fully saturated rings. The predicted octanol–water partition coefficient (Wildman–Crippen LogP) is 3.23. The number of hydrogen-bond acceptors (Lipinski definition) is 6. The van der Waals surface area contributed by atoms with Gasteiger partial charge in [-0.2, -0.15) is 0 Å². The molecule has 7 heteroatoms. The first-order valence-corrected chi connectivity index (χ1v) is 9.09. The molecule has 0 bridgehead atoms. The summed E-state index contributed by atoms with van der Waals surface area (Å²) in [7, 11) is 0. The second kappa shape index (κ2) is 6.86. The van der Waals surface area contributed by atoms with Gasteiger partial charge in [-0.15, -0.1) is 10.2 Å². The second-order valence-corrected chi connectivity index (χ2v) is 7.15. The fourth-order valence-corrected chi connectivity index (χ4v) is 3.52. The smallest absolute Gasteiger partial charge is 0.257 e. The normalized spacial score (nSPS) is 20.1. The van der Waals surface area contributed by atoms with Crippen LogP contribution in [0.25, 0.3) is 0 Å². The first-order chi connectivity index (χ1) is 11.8. The van der Waals surface area contributed by atoms with E-state index in [0.717, 1.165) is 30.2 Å². The van der Waals surface area contributed by atoms with Crippen molar-refractivity contribution in [2.75, 3.05) is 18.5 Å². The number of hydrogen-bond donors (Lipinski definition) is 1. The minimum Gasteiger partial charge on any atom is -0.491 e. The average molecular weight is 345 g/mol. The highest BCUT2D eigenvalue weighted by Gasteiger charge is 2.27. The molecule has 2 aliphatic rings. The number of aromatic nitrogens is 2. The molecule has 0 radical (unpaired) electrons. The largest absolute Gasteiger partial charge is 0.491 e. The van der Waals surface area contributed by atoms with Crippen molar-refractivity contribution in [3.05, 3.63) is 34.8 Å². The fourth-order valence-electron chi connectivity index (χ4n) is 2.62. The Morgan fingerprint density at radius 3 is 2.79 bits per heavy atom. The number of ether oxygens (including phenoxy) is 2. The summed E-state index contributed by atoms with van der Waals surface area (Å²) in [4.78, 5) is 12.3. The Bertz CT molecular complexity index is 706. The van der Waals surface area contributed by atoms with E-state index >= 15 is 0 Å². The van der Waals surface area contributed by atoms with Crippen molar-refractivity contribution in [3.63, 3.8) is 0 Å². The van der Waals surface area contributed by atoms with E-state index in [1.807, 2.05) is 0 Å². The fraction of sp³-hybridized carbons (Fsp3) is 0.471. The van der Waals surface area contributed by atoms with Gasteiger partial charge in [-0.25, -0.2) is 0 Å². The van der Waals surface area contributed by atoms with E-state index < -0.39 is 0 Å². The van der Waals surface area contributed by atoms with Gasteiger partial charge in [0.2, 0.25) is 5.13 Å². The second-order valence-electron chi connectivity index (χ2n) is 6.14. The van der Waals surface area contributed by atoms with Crippen molar-refractivity contribution >= 4 is 22.4 Å². The number of carbonyl (C=O) groups is 1. The molecular formula is C17H19N3O3S. The van der Waals surface area contributed by atoms with E-state index in [9.17, 15) is 4.79 Å². The van der Waals surface area contributed by atoms with Crippen LogP contribution in [-0.2, 0) is 4.74 Å². The van der Waals surface area contributed by atoms with Crippen molar-refractivity contribution in [3.8, 4) is 5.75 Å². The Labute approximate surface area is 144 Å². The molecule has 2 aromatic rings. The predicted molar refractivity (Wildman–Crippen MR) is 90.7 cm³/mol. The van der Waals surface area contributed by atoms with Crippen LogP contribution in [0.3, 0.4) is 0 Å². The first kappa shape index (κ1) is 15.5. The zero-order chi connectivity index (χ0) is 16.4. The number of carbonyl (C=O) groups excluding carboxylic acids is 1. The molecule has 1 aliphatic heterocycles. The summed E-state index contributed by atoms with van der Waals surface area (Å²) in [6.07, 6.45) is 4.68.